The van der Waals surface area contributed by atoms with Crippen molar-refractivity contribution in [1.82, 2.24) is 10.2 Å². The molecule has 2 rings (SSSR count). The summed E-state index contributed by atoms with van der Waals surface area (Å²) in [5, 5.41) is 22.1. The zero-order valence-electron chi connectivity index (χ0n) is 26.4. The van der Waals surface area contributed by atoms with Crippen molar-refractivity contribution in [3.05, 3.63) is 56.1 Å². The molecule has 0 radical (unpaired) electrons. The first-order chi connectivity index (χ1) is 22.7. The number of esters is 2. The maximum absolute atomic E-state index is 13.9. The monoisotopic (exact) mass is 703 g/mol. The molecule has 18 heteroatoms. The smallest absolute Gasteiger partial charge is 0.328 e. The first kappa shape index (κ1) is 39.8. The number of amides is 1. The fourth-order valence-corrected chi connectivity index (χ4v) is 6.05. The number of carbonyl (C=O) groups is 3. The summed E-state index contributed by atoms with van der Waals surface area (Å²) in [6, 6.07) is 7.29. The van der Waals surface area contributed by atoms with Gasteiger partial charge in [-0.3, -0.25) is 14.9 Å². The molecule has 1 aliphatic rings. The maximum atomic E-state index is 13.9. The summed E-state index contributed by atoms with van der Waals surface area (Å²) < 4.78 is 11.0. The van der Waals surface area contributed by atoms with Crippen molar-refractivity contribution in [1.29, 1.82) is 0 Å². The normalized spacial score (nSPS) is 15.4. The quantitative estimate of drug-likeness (QED) is 0.0611. The number of likely N-dealkylation sites (tertiary alicyclic amines) is 1. The minimum Gasteiger partial charge on any atom is -0.464 e. The molecular weight excluding hydrogens is 658 g/mol. The molecule has 1 aromatic carbocycles. The number of unbranched alkanes of at least 4 members (excludes halogenated alkanes) is 1. The summed E-state index contributed by atoms with van der Waals surface area (Å²) in [6.07, 6.45) is 3.70. The first-order valence-electron chi connectivity index (χ1n) is 15.6. The number of ether oxygens (including phenoxy) is 2. The molecule has 3 N–H and O–H groups in total. The number of aryl methyl sites for hydroxylation is 1. The van der Waals surface area contributed by atoms with E-state index in [0.717, 1.165) is 5.56 Å². The molecule has 3 atom stereocenters. The molecule has 3 unspecified atom stereocenters. The highest BCUT2D eigenvalue weighted by atomic mass is 32.2. The van der Waals surface area contributed by atoms with Gasteiger partial charge in [0.2, 0.25) is 5.91 Å². The van der Waals surface area contributed by atoms with E-state index >= 15 is 0 Å². The lowest BCUT2D eigenvalue weighted by Gasteiger charge is -2.30. The second-order valence-electron chi connectivity index (χ2n) is 10.4. The maximum Gasteiger partial charge on any atom is 0.328 e. The van der Waals surface area contributed by atoms with E-state index in [0.29, 0.717) is 81.0 Å². The molecular formula is C29H45N5O11S2. The molecule has 1 aromatic rings. The van der Waals surface area contributed by atoms with Crippen molar-refractivity contribution in [3.63, 3.8) is 0 Å². The Morgan fingerprint density at radius 1 is 0.894 bits per heavy atom. The van der Waals surface area contributed by atoms with Crippen LogP contribution in [0.15, 0.2) is 30.3 Å². The molecule has 47 heavy (non-hydrogen) atoms. The molecule has 1 aliphatic heterocycles. The summed E-state index contributed by atoms with van der Waals surface area (Å²) in [5.74, 6) is 0.245. The lowest BCUT2D eigenvalue weighted by atomic mass is 10.0. The van der Waals surface area contributed by atoms with Crippen molar-refractivity contribution in [2.45, 2.75) is 63.1 Å². The third-order valence-electron chi connectivity index (χ3n) is 7.10. The van der Waals surface area contributed by atoms with E-state index in [2.05, 4.69) is 15.0 Å². The summed E-state index contributed by atoms with van der Waals surface area (Å²) in [7, 11) is 0. The van der Waals surface area contributed by atoms with Crippen molar-refractivity contribution in [2.24, 2.45) is 5.73 Å². The molecule has 1 amide bonds. The van der Waals surface area contributed by atoms with Gasteiger partial charge in [-0.25, -0.2) is 4.79 Å². The van der Waals surface area contributed by atoms with Gasteiger partial charge >= 0.3 is 11.9 Å². The standard InChI is InChI=1S/C29H45N5O11S2/c30-13-5-4-9-24(27(35)32-14-6-10-26(32)29(37)43-16-20-47-22-18-45-34(40)41)31-25(12-11-23-7-2-1-3-8-23)28(36)42-15-19-46-21-17-44-33(38)39/h1-3,7-8,24-26,31H,4-6,9-22,30H2. The van der Waals surface area contributed by atoms with Crippen LogP contribution < -0.4 is 11.1 Å². The Balaban J connectivity index is 2.03. The number of nitrogens with one attached hydrogen (secondary N) is 1. The lowest BCUT2D eigenvalue weighted by molar-refractivity contribution is -0.756. The van der Waals surface area contributed by atoms with Crippen LogP contribution in [0.5, 0.6) is 0 Å². The van der Waals surface area contributed by atoms with Crippen LogP contribution in [0.3, 0.4) is 0 Å². The van der Waals surface area contributed by atoms with Gasteiger partial charge in [-0.05, 0) is 50.6 Å². The van der Waals surface area contributed by atoms with Gasteiger partial charge in [0.05, 0.1) is 6.04 Å². The van der Waals surface area contributed by atoms with E-state index in [9.17, 15) is 34.6 Å². The van der Waals surface area contributed by atoms with E-state index in [4.69, 9.17) is 15.2 Å². The highest BCUT2D eigenvalue weighted by Crippen LogP contribution is 2.22. The fraction of sp³-hybridized carbons (Fsp3) is 0.690. The predicted molar refractivity (Wildman–Crippen MR) is 176 cm³/mol. The Kier molecular flexibility index (Phi) is 20.2. The van der Waals surface area contributed by atoms with Gasteiger partial charge in [0.15, 0.2) is 0 Å². The van der Waals surface area contributed by atoms with E-state index in [-0.39, 0.29) is 32.3 Å². The lowest BCUT2D eigenvalue weighted by Crippen LogP contribution is -2.54. The van der Waals surface area contributed by atoms with Gasteiger partial charge in [0.1, 0.15) is 38.5 Å². The van der Waals surface area contributed by atoms with E-state index < -0.39 is 40.2 Å². The molecule has 1 saturated heterocycles. The van der Waals surface area contributed by atoms with Crippen LogP contribution in [0.4, 0.5) is 0 Å². The molecule has 0 spiro atoms. The highest BCUT2D eigenvalue weighted by molar-refractivity contribution is 7.99. The van der Waals surface area contributed by atoms with E-state index in [1.807, 2.05) is 30.3 Å². The Labute approximate surface area is 282 Å². The predicted octanol–water partition coefficient (Wildman–Crippen LogP) is 2.04. The molecule has 0 saturated carbocycles. The van der Waals surface area contributed by atoms with Gasteiger partial charge in [0.25, 0.3) is 10.2 Å². The number of benzene rings is 1. The number of nitrogens with zero attached hydrogens (tertiary/aromatic N) is 3. The molecule has 0 aromatic heterocycles. The van der Waals surface area contributed by atoms with E-state index in [1.54, 1.807) is 0 Å². The fourth-order valence-electron chi connectivity index (χ4n) is 4.86. The number of thioether (sulfide) groups is 2. The first-order valence-corrected chi connectivity index (χ1v) is 17.9. The van der Waals surface area contributed by atoms with Crippen LogP contribution in [-0.2, 0) is 40.0 Å². The minimum absolute atomic E-state index is 0.0602. The average molecular weight is 704 g/mol. The third-order valence-corrected chi connectivity index (χ3v) is 8.92. The molecule has 264 valence electrons. The molecule has 0 aliphatic carbocycles. The largest absolute Gasteiger partial charge is 0.464 e. The van der Waals surface area contributed by atoms with Crippen LogP contribution in [0, 0.1) is 20.2 Å². The summed E-state index contributed by atoms with van der Waals surface area (Å²) in [6.45, 7) is 0.864. The minimum atomic E-state index is -0.859. The average Bonchev–Trinajstić information content (AvgIpc) is 3.55. The highest BCUT2D eigenvalue weighted by Gasteiger charge is 2.39. The Hall–Kier alpha value is -3.35. The van der Waals surface area contributed by atoms with Gasteiger partial charge < -0.3 is 29.8 Å². The Bertz CT molecular complexity index is 1110. The second-order valence-corrected chi connectivity index (χ2v) is 12.9. The van der Waals surface area contributed by atoms with Gasteiger partial charge in [-0.1, -0.05) is 36.8 Å². The van der Waals surface area contributed by atoms with Crippen LogP contribution in [0.25, 0.3) is 0 Å². The zero-order chi connectivity index (χ0) is 34.3. The van der Waals surface area contributed by atoms with Crippen LogP contribution in [-0.4, -0.2) is 114 Å². The third kappa shape index (κ3) is 16.9. The summed E-state index contributed by atoms with van der Waals surface area (Å²) >= 11 is 2.69. The van der Waals surface area contributed by atoms with Crippen LogP contribution >= 0.6 is 23.5 Å². The number of hydrogen-bond donors (Lipinski definition) is 2. The van der Waals surface area contributed by atoms with Gasteiger partial charge in [0, 0.05) is 29.6 Å². The summed E-state index contributed by atoms with van der Waals surface area (Å²) in [4.78, 5) is 70.8. The van der Waals surface area contributed by atoms with Crippen molar-refractivity contribution in [3.8, 4) is 0 Å². The Morgan fingerprint density at radius 3 is 2.13 bits per heavy atom. The number of carbonyl (C=O) groups excluding carboxylic acids is 3. The van der Waals surface area contributed by atoms with Crippen molar-refractivity contribution < 1.29 is 43.7 Å². The molecule has 1 heterocycles. The molecule has 0 bridgehead atoms. The number of rotatable bonds is 26. The number of hydrogen-bond acceptors (Lipinski definition) is 15. The van der Waals surface area contributed by atoms with Crippen molar-refractivity contribution >= 4 is 41.4 Å². The Morgan fingerprint density at radius 2 is 1.51 bits per heavy atom. The SMILES string of the molecule is NCCCCC(NC(CCc1ccccc1)C(=O)OCCSCCO[N+](=O)[O-])C(=O)N1CCCC1C(=O)OCCSCCO[N+](=O)[O-]. The second kappa shape index (κ2) is 23.9. The van der Waals surface area contributed by atoms with Crippen LogP contribution in [0.2, 0.25) is 0 Å². The number of nitrogens with two attached hydrogens (primary N) is 1. The topological polar surface area (TPSA) is 216 Å². The van der Waals surface area contributed by atoms with E-state index in [1.165, 1.54) is 28.4 Å². The molecule has 16 nitrogen and oxygen atoms in total. The van der Waals surface area contributed by atoms with Crippen molar-refractivity contribution in [2.75, 3.05) is 62.5 Å². The van der Waals surface area contributed by atoms with Gasteiger partial charge in [-0.15, -0.1) is 20.2 Å². The summed E-state index contributed by atoms with van der Waals surface area (Å²) in [5.41, 5.74) is 6.73. The zero-order valence-corrected chi connectivity index (χ0v) is 28.0. The van der Waals surface area contributed by atoms with Crippen LogP contribution in [0.1, 0.15) is 44.1 Å². The van der Waals surface area contributed by atoms with Gasteiger partial charge in [-0.2, -0.15) is 23.5 Å². The molecule has 1 fully saturated rings.